The second-order valence-electron chi connectivity index (χ2n) is 7.16. The van der Waals surface area contributed by atoms with E-state index >= 15 is 0 Å². The quantitative estimate of drug-likeness (QED) is 0.651. The lowest BCUT2D eigenvalue weighted by Gasteiger charge is -2.23. The molecule has 2 aromatic carbocycles. The summed E-state index contributed by atoms with van der Waals surface area (Å²) >= 11 is 1.53. The van der Waals surface area contributed by atoms with Gasteiger partial charge >= 0.3 is 0 Å². The first-order chi connectivity index (χ1) is 13.5. The molecular formula is C22H21N3O2S. The van der Waals surface area contributed by atoms with Crippen molar-refractivity contribution in [2.75, 3.05) is 18.1 Å². The Morgan fingerprint density at radius 2 is 2.11 bits per heavy atom. The zero-order valence-corrected chi connectivity index (χ0v) is 16.8. The Hall–Kier alpha value is -2.75. The Balaban J connectivity index is 1.73. The van der Waals surface area contributed by atoms with E-state index in [1.54, 1.807) is 29.2 Å². The highest BCUT2D eigenvalue weighted by Crippen LogP contribution is 2.33. The maximum atomic E-state index is 13.3. The summed E-state index contributed by atoms with van der Waals surface area (Å²) in [5.74, 6) is -0.117. The number of carbonyl (C=O) groups is 1. The van der Waals surface area contributed by atoms with Gasteiger partial charge in [-0.25, -0.2) is 4.98 Å². The molecule has 0 N–H and O–H groups in total. The molecule has 5 nitrogen and oxygen atoms in total. The molecular weight excluding hydrogens is 370 g/mol. The number of thiazole rings is 1. The molecule has 2 heterocycles. The van der Waals surface area contributed by atoms with Gasteiger partial charge in [-0.3, -0.25) is 9.69 Å². The number of benzene rings is 2. The molecule has 0 radical (unpaired) electrons. The number of hydrogen-bond acceptors (Lipinski definition) is 5. The molecule has 3 aromatic rings. The molecule has 0 spiro atoms. The number of amides is 1. The van der Waals surface area contributed by atoms with Crippen LogP contribution in [0.3, 0.4) is 0 Å². The standard InChI is InChI=1S/C22H21N3O2S/c1-14-10-15(2)20-19(11-14)28-22(24-20)25(13-18-4-3-9-27-18)21(26)17-7-5-16(12-23)6-8-17/h5-8,10-11,18H,3-4,9,13H2,1-2H3. The molecule has 142 valence electrons. The first kappa shape index (κ1) is 18.6. The minimum Gasteiger partial charge on any atom is -0.376 e. The van der Waals surface area contributed by atoms with Crippen molar-refractivity contribution in [2.45, 2.75) is 32.8 Å². The van der Waals surface area contributed by atoms with Gasteiger partial charge in [-0.05, 0) is 68.1 Å². The van der Waals surface area contributed by atoms with Crippen LogP contribution in [0.1, 0.15) is 39.9 Å². The number of rotatable bonds is 4. The van der Waals surface area contributed by atoms with Crippen LogP contribution in [0.4, 0.5) is 5.13 Å². The average molecular weight is 391 g/mol. The molecule has 1 aromatic heterocycles. The third-order valence-electron chi connectivity index (χ3n) is 4.97. The zero-order valence-electron chi connectivity index (χ0n) is 15.9. The van der Waals surface area contributed by atoms with Gasteiger partial charge in [0, 0.05) is 12.2 Å². The van der Waals surface area contributed by atoms with Crippen LogP contribution < -0.4 is 4.90 Å². The second kappa shape index (κ2) is 7.70. The van der Waals surface area contributed by atoms with Gasteiger partial charge in [-0.2, -0.15) is 5.26 Å². The first-order valence-electron chi connectivity index (χ1n) is 9.36. The molecule has 4 rings (SSSR count). The Morgan fingerprint density at radius 1 is 1.32 bits per heavy atom. The largest absolute Gasteiger partial charge is 0.376 e. The van der Waals surface area contributed by atoms with Gasteiger partial charge in [-0.1, -0.05) is 17.4 Å². The summed E-state index contributed by atoms with van der Waals surface area (Å²) in [7, 11) is 0. The molecule has 6 heteroatoms. The van der Waals surface area contributed by atoms with Gasteiger partial charge in [0.1, 0.15) is 0 Å². The van der Waals surface area contributed by atoms with Gasteiger partial charge in [-0.15, -0.1) is 0 Å². The summed E-state index contributed by atoms with van der Waals surface area (Å²) < 4.78 is 6.87. The Kier molecular flexibility index (Phi) is 5.12. The van der Waals surface area contributed by atoms with E-state index in [-0.39, 0.29) is 12.0 Å². The summed E-state index contributed by atoms with van der Waals surface area (Å²) in [6.07, 6.45) is 1.99. The third-order valence-corrected chi connectivity index (χ3v) is 5.99. The highest BCUT2D eigenvalue weighted by molar-refractivity contribution is 7.22. The number of nitriles is 1. The minimum absolute atomic E-state index is 0.0252. The van der Waals surface area contributed by atoms with Crippen LogP contribution in [0.15, 0.2) is 36.4 Å². The van der Waals surface area contributed by atoms with Crippen molar-refractivity contribution in [1.82, 2.24) is 4.98 Å². The molecule has 28 heavy (non-hydrogen) atoms. The number of aromatic nitrogens is 1. The van der Waals surface area contributed by atoms with Gasteiger partial charge in [0.2, 0.25) is 0 Å². The lowest BCUT2D eigenvalue weighted by atomic mass is 10.1. The molecule has 0 aliphatic carbocycles. The molecule has 1 atom stereocenters. The highest BCUT2D eigenvalue weighted by Gasteiger charge is 2.27. The predicted octanol–water partition coefficient (Wildman–Crippen LogP) is 4.61. The van der Waals surface area contributed by atoms with Crippen molar-refractivity contribution in [1.29, 1.82) is 5.26 Å². The number of nitrogens with zero attached hydrogens (tertiary/aromatic N) is 3. The van der Waals surface area contributed by atoms with E-state index in [4.69, 9.17) is 15.0 Å². The highest BCUT2D eigenvalue weighted by atomic mass is 32.1. The van der Waals surface area contributed by atoms with E-state index < -0.39 is 0 Å². The Labute approximate surface area is 168 Å². The molecule has 0 saturated carbocycles. The van der Waals surface area contributed by atoms with Gasteiger partial charge in [0.15, 0.2) is 5.13 Å². The summed E-state index contributed by atoms with van der Waals surface area (Å²) in [5.41, 5.74) is 4.32. The first-order valence-corrected chi connectivity index (χ1v) is 10.2. The number of anilines is 1. The lowest BCUT2D eigenvalue weighted by Crippen LogP contribution is -2.37. The van der Waals surface area contributed by atoms with Crippen LogP contribution in [0.2, 0.25) is 0 Å². The lowest BCUT2D eigenvalue weighted by molar-refractivity contribution is 0.0917. The van der Waals surface area contributed by atoms with Crippen LogP contribution in [-0.4, -0.2) is 30.1 Å². The number of aryl methyl sites for hydroxylation is 2. The predicted molar refractivity (Wildman–Crippen MR) is 111 cm³/mol. The van der Waals surface area contributed by atoms with Crippen LogP contribution >= 0.6 is 11.3 Å². The van der Waals surface area contributed by atoms with E-state index in [1.807, 2.05) is 6.92 Å². The van der Waals surface area contributed by atoms with Crippen LogP contribution in [-0.2, 0) is 4.74 Å². The second-order valence-corrected chi connectivity index (χ2v) is 8.17. The number of carbonyl (C=O) groups excluding carboxylic acids is 1. The zero-order chi connectivity index (χ0) is 19.7. The van der Waals surface area contributed by atoms with Crippen LogP contribution in [0.25, 0.3) is 10.2 Å². The molecule has 1 unspecified atom stereocenters. The van der Waals surface area contributed by atoms with Crippen molar-refractivity contribution >= 4 is 32.6 Å². The monoisotopic (exact) mass is 391 g/mol. The van der Waals surface area contributed by atoms with Crippen molar-refractivity contribution in [3.63, 3.8) is 0 Å². The van der Waals surface area contributed by atoms with E-state index in [1.165, 1.54) is 16.9 Å². The summed E-state index contributed by atoms with van der Waals surface area (Å²) in [5, 5.41) is 9.69. The molecule has 1 amide bonds. The molecule has 1 saturated heterocycles. The van der Waals surface area contributed by atoms with E-state index in [2.05, 4.69) is 25.1 Å². The van der Waals surface area contributed by atoms with Crippen molar-refractivity contribution < 1.29 is 9.53 Å². The van der Waals surface area contributed by atoms with E-state index in [0.29, 0.717) is 22.8 Å². The van der Waals surface area contributed by atoms with Crippen LogP contribution in [0, 0.1) is 25.2 Å². The molecule has 0 bridgehead atoms. The number of fused-ring (bicyclic) bond motifs is 1. The molecule has 1 aliphatic rings. The maximum absolute atomic E-state index is 13.3. The topological polar surface area (TPSA) is 66.2 Å². The van der Waals surface area contributed by atoms with Gasteiger partial charge < -0.3 is 4.74 Å². The maximum Gasteiger partial charge on any atom is 0.260 e. The van der Waals surface area contributed by atoms with Crippen LogP contribution in [0.5, 0.6) is 0 Å². The SMILES string of the molecule is Cc1cc(C)c2nc(N(CC3CCCO3)C(=O)c3ccc(C#N)cc3)sc2c1. The van der Waals surface area contributed by atoms with Gasteiger partial charge in [0.05, 0.1) is 34.5 Å². The van der Waals surface area contributed by atoms with Crippen molar-refractivity contribution in [3.8, 4) is 6.07 Å². The normalized spacial score (nSPS) is 16.2. The average Bonchev–Trinajstić information content (AvgIpc) is 3.35. The Morgan fingerprint density at radius 3 is 2.79 bits per heavy atom. The number of hydrogen-bond donors (Lipinski definition) is 0. The fourth-order valence-electron chi connectivity index (χ4n) is 3.56. The Bertz CT molecular complexity index is 1060. The van der Waals surface area contributed by atoms with Crippen molar-refractivity contribution in [2.24, 2.45) is 0 Å². The minimum atomic E-state index is -0.117. The fraction of sp³-hybridized carbons (Fsp3) is 0.318. The van der Waals surface area contributed by atoms with E-state index in [9.17, 15) is 4.79 Å². The number of ether oxygens (including phenoxy) is 1. The summed E-state index contributed by atoms with van der Waals surface area (Å²) in [4.78, 5) is 19.8. The van der Waals surface area contributed by atoms with E-state index in [0.717, 1.165) is 35.2 Å². The van der Waals surface area contributed by atoms with Gasteiger partial charge in [0.25, 0.3) is 5.91 Å². The van der Waals surface area contributed by atoms with Crippen molar-refractivity contribution in [3.05, 3.63) is 58.7 Å². The smallest absolute Gasteiger partial charge is 0.260 e. The molecule has 1 fully saturated rings. The summed E-state index contributed by atoms with van der Waals surface area (Å²) in [6, 6.07) is 13.0. The third kappa shape index (κ3) is 3.64. The fourth-order valence-corrected chi connectivity index (χ4v) is 4.71. The molecule has 1 aliphatic heterocycles. The summed E-state index contributed by atoms with van der Waals surface area (Å²) in [6.45, 7) is 5.34.